The largest absolute Gasteiger partial charge is 0.491 e. The molecule has 144 valence electrons. The molecule has 5 nitrogen and oxygen atoms in total. The Morgan fingerprint density at radius 2 is 1.61 bits per heavy atom. The third kappa shape index (κ3) is 5.03. The van der Waals surface area contributed by atoms with Crippen LogP contribution in [0.25, 0.3) is 0 Å². The Hall–Kier alpha value is -3.48. The van der Waals surface area contributed by atoms with Crippen molar-refractivity contribution in [1.29, 1.82) is 0 Å². The zero-order valence-corrected chi connectivity index (χ0v) is 15.4. The molecule has 0 saturated carbocycles. The Balaban J connectivity index is 1.62. The number of rotatable bonds is 6. The van der Waals surface area contributed by atoms with Crippen molar-refractivity contribution in [3.63, 3.8) is 0 Å². The quantitative estimate of drug-likeness (QED) is 0.618. The number of benzene rings is 2. The number of hydrogen-bond acceptors (Lipinski definition) is 4. The summed E-state index contributed by atoms with van der Waals surface area (Å²) in [6.07, 6.45) is 1.51. The second kappa shape index (κ2) is 8.47. The van der Waals surface area contributed by atoms with Crippen LogP contribution in [0.5, 0.6) is 5.75 Å². The first-order chi connectivity index (χ1) is 13.4. The Kier molecular flexibility index (Phi) is 5.84. The lowest BCUT2D eigenvalue weighted by Crippen LogP contribution is -2.13. The maximum Gasteiger partial charge on any atom is 0.274 e. The van der Waals surface area contributed by atoms with Crippen LogP contribution in [0.4, 0.5) is 25.8 Å². The van der Waals surface area contributed by atoms with E-state index in [9.17, 15) is 13.6 Å². The lowest BCUT2D eigenvalue weighted by molar-refractivity contribution is 0.102. The fourth-order valence-corrected chi connectivity index (χ4v) is 2.43. The van der Waals surface area contributed by atoms with Crippen molar-refractivity contribution >= 4 is 23.0 Å². The van der Waals surface area contributed by atoms with Crippen molar-refractivity contribution in [2.24, 2.45) is 0 Å². The highest BCUT2D eigenvalue weighted by Crippen LogP contribution is 2.20. The summed E-state index contributed by atoms with van der Waals surface area (Å²) >= 11 is 0. The molecule has 0 aliphatic heterocycles. The van der Waals surface area contributed by atoms with E-state index in [2.05, 4.69) is 15.6 Å². The van der Waals surface area contributed by atoms with E-state index in [0.717, 1.165) is 17.9 Å². The van der Waals surface area contributed by atoms with Gasteiger partial charge in [0.15, 0.2) is 11.6 Å². The molecule has 0 aliphatic carbocycles. The number of carbonyl (C=O) groups is 1. The van der Waals surface area contributed by atoms with Crippen molar-refractivity contribution in [3.05, 3.63) is 78.1 Å². The predicted octanol–water partition coefficient (Wildman–Crippen LogP) is 5.14. The van der Waals surface area contributed by atoms with Gasteiger partial charge in [-0.05, 0) is 62.4 Å². The molecule has 3 rings (SSSR count). The molecular formula is C21H19F2N3O2. The van der Waals surface area contributed by atoms with Gasteiger partial charge in [0.2, 0.25) is 0 Å². The molecule has 0 atom stereocenters. The number of amides is 1. The van der Waals surface area contributed by atoms with E-state index in [1.807, 2.05) is 13.8 Å². The van der Waals surface area contributed by atoms with Crippen LogP contribution in [0.1, 0.15) is 24.3 Å². The van der Waals surface area contributed by atoms with Crippen LogP contribution in [-0.4, -0.2) is 17.0 Å². The van der Waals surface area contributed by atoms with Gasteiger partial charge in [0.05, 0.1) is 18.0 Å². The maximum atomic E-state index is 13.3. The van der Waals surface area contributed by atoms with Crippen LogP contribution < -0.4 is 15.4 Å². The average Bonchev–Trinajstić information content (AvgIpc) is 2.66. The molecule has 3 aromatic rings. The van der Waals surface area contributed by atoms with E-state index in [1.165, 1.54) is 18.3 Å². The van der Waals surface area contributed by atoms with Crippen molar-refractivity contribution in [3.8, 4) is 5.75 Å². The maximum absolute atomic E-state index is 13.3. The molecule has 0 unspecified atom stereocenters. The molecule has 1 amide bonds. The number of pyridine rings is 1. The topological polar surface area (TPSA) is 63.2 Å². The van der Waals surface area contributed by atoms with E-state index < -0.39 is 11.6 Å². The van der Waals surface area contributed by atoms with Gasteiger partial charge in [-0.2, -0.15) is 0 Å². The van der Waals surface area contributed by atoms with Gasteiger partial charge in [0.25, 0.3) is 5.91 Å². The van der Waals surface area contributed by atoms with Gasteiger partial charge in [0, 0.05) is 17.4 Å². The number of halogens is 2. The molecule has 0 aliphatic rings. The van der Waals surface area contributed by atoms with Crippen LogP contribution >= 0.6 is 0 Å². The van der Waals surface area contributed by atoms with Gasteiger partial charge in [0.1, 0.15) is 11.4 Å². The van der Waals surface area contributed by atoms with Crippen LogP contribution in [0.15, 0.2) is 60.8 Å². The first kappa shape index (κ1) is 19.3. The lowest BCUT2D eigenvalue weighted by atomic mass is 10.2. The van der Waals surface area contributed by atoms with Crippen LogP contribution in [0.3, 0.4) is 0 Å². The van der Waals surface area contributed by atoms with Crippen LogP contribution in [0.2, 0.25) is 0 Å². The average molecular weight is 383 g/mol. The standard InChI is InChI=1S/C21H19F2N3O2/c1-13(2)28-17-7-3-14(4-8-17)26-21(27)20-10-6-16(12-24-20)25-15-5-9-18(22)19(23)11-15/h3-13,25H,1-2H3,(H,26,27). The number of anilines is 3. The summed E-state index contributed by atoms with van der Waals surface area (Å²) in [7, 11) is 0. The van der Waals surface area contributed by atoms with Crippen LogP contribution in [-0.2, 0) is 0 Å². The number of aromatic nitrogens is 1. The van der Waals surface area contributed by atoms with Crippen molar-refractivity contribution < 1.29 is 18.3 Å². The number of nitrogens with one attached hydrogen (secondary N) is 2. The molecule has 0 fully saturated rings. The molecule has 0 spiro atoms. The normalized spacial score (nSPS) is 10.6. The van der Waals surface area contributed by atoms with Crippen molar-refractivity contribution in [1.82, 2.24) is 4.98 Å². The summed E-state index contributed by atoms with van der Waals surface area (Å²) in [5, 5.41) is 5.65. The van der Waals surface area contributed by atoms with E-state index in [-0.39, 0.29) is 17.7 Å². The number of ether oxygens (including phenoxy) is 1. The second-order valence-corrected chi connectivity index (χ2v) is 6.33. The minimum Gasteiger partial charge on any atom is -0.491 e. The fourth-order valence-electron chi connectivity index (χ4n) is 2.43. The highest BCUT2D eigenvalue weighted by atomic mass is 19.2. The molecule has 2 N–H and O–H groups in total. The summed E-state index contributed by atoms with van der Waals surface area (Å²) in [4.78, 5) is 16.4. The molecular weight excluding hydrogens is 364 g/mol. The monoisotopic (exact) mass is 383 g/mol. The van der Waals surface area contributed by atoms with Gasteiger partial charge >= 0.3 is 0 Å². The summed E-state index contributed by atoms with van der Waals surface area (Å²) in [5.41, 5.74) is 1.75. The van der Waals surface area contributed by atoms with E-state index in [0.29, 0.717) is 17.1 Å². The zero-order chi connectivity index (χ0) is 20.1. The highest BCUT2D eigenvalue weighted by Gasteiger charge is 2.09. The fraction of sp³-hybridized carbons (Fsp3) is 0.143. The SMILES string of the molecule is CC(C)Oc1ccc(NC(=O)c2ccc(Nc3ccc(F)c(F)c3)cn2)cc1. The summed E-state index contributed by atoms with van der Waals surface area (Å²) < 4.78 is 31.8. The van der Waals surface area contributed by atoms with Gasteiger partial charge in [-0.1, -0.05) is 0 Å². The highest BCUT2D eigenvalue weighted by molar-refractivity contribution is 6.03. The first-order valence-corrected chi connectivity index (χ1v) is 8.67. The number of carbonyl (C=O) groups excluding carboxylic acids is 1. The minimum absolute atomic E-state index is 0.0724. The van der Waals surface area contributed by atoms with Crippen molar-refractivity contribution in [2.75, 3.05) is 10.6 Å². The summed E-state index contributed by atoms with van der Waals surface area (Å²) in [6, 6.07) is 13.7. The van der Waals surface area contributed by atoms with E-state index in [4.69, 9.17) is 4.74 Å². The predicted molar refractivity (Wildman–Crippen MR) is 104 cm³/mol. The lowest BCUT2D eigenvalue weighted by Gasteiger charge is -2.11. The van der Waals surface area contributed by atoms with Gasteiger partial charge in [-0.15, -0.1) is 0 Å². The Bertz CT molecular complexity index is 958. The second-order valence-electron chi connectivity index (χ2n) is 6.33. The Morgan fingerprint density at radius 1 is 0.929 bits per heavy atom. The zero-order valence-electron chi connectivity index (χ0n) is 15.4. The Labute approximate surface area is 161 Å². The smallest absolute Gasteiger partial charge is 0.274 e. The molecule has 0 bridgehead atoms. The summed E-state index contributed by atoms with van der Waals surface area (Å²) in [6.45, 7) is 3.87. The van der Waals surface area contributed by atoms with Crippen molar-refractivity contribution in [2.45, 2.75) is 20.0 Å². The first-order valence-electron chi connectivity index (χ1n) is 8.67. The third-order valence-electron chi connectivity index (χ3n) is 3.69. The molecule has 28 heavy (non-hydrogen) atoms. The number of nitrogens with zero attached hydrogens (tertiary/aromatic N) is 1. The van der Waals surface area contributed by atoms with Gasteiger partial charge in [-0.25, -0.2) is 13.8 Å². The summed E-state index contributed by atoms with van der Waals surface area (Å²) in [5.74, 6) is -1.51. The molecule has 0 saturated heterocycles. The Morgan fingerprint density at radius 3 is 2.21 bits per heavy atom. The molecule has 1 heterocycles. The minimum atomic E-state index is -0.946. The van der Waals surface area contributed by atoms with E-state index >= 15 is 0 Å². The van der Waals surface area contributed by atoms with Crippen LogP contribution in [0, 0.1) is 11.6 Å². The number of hydrogen-bond donors (Lipinski definition) is 2. The molecule has 2 aromatic carbocycles. The third-order valence-corrected chi connectivity index (χ3v) is 3.69. The molecule has 1 aromatic heterocycles. The van der Waals surface area contributed by atoms with E-state index in [1.54, 1.807) is 30.3 Å². The molecule has 0 radical (unpaired) electrons. The van der Waals surface area contributed by atoms with Gasteiger partial charge < -0.3 is 15.4 Å². The van der Waals surface area contributed by atoms with Gasteiger partial charge in [-0.3, -0.25) is 4.79 Å². The molecule has 7 heteroatoms.